The molecule has 4 nitrogen and oxygen atoms in total. The van der Waals surface area contributed by atoms with E-state index in [1.54, 1.807) is 37.3 Å². The minimum absolute atomic E-state index is 0.326. The zero-order valence-electron chi connectivity index (χ0n) is 11.2. The van der Waals surface area contributed by atoms with Gasteiger partial charge in [0.1, 0.15) is 11.3 Å². The third-order valence-corrected chi connectivity index (χ3v) is 3.37. The first-order valence-corrected chi connectivity index (χ1v) is 6.44. The van der Waals surface area contributed by atoms with Crippen LogP contribution in [-0.2, 0) is 4.79 Å². The van der Waals surface area contributed by atoms with Crippen LogP contribution in [0.15, 0.2) is 46.9 Å². The second-order valence-electron chi connectivity index (χ2n) is 4.81. The maximum Gasteiger partial charge on any atom is 0.310 e. The second kappa shape index (κ2) is 5.01. The van der Waals surface area contributed by atoms with Crippen LogP contribution in [0, 0.1) is 5.82 Å². The van der Waals surface area contributed by atoms with Crippen molar-refractivity contribution in [2.45, 2.75) is 12.8 Å². The predicted molar refractivity (Wildman–Crippen MR) is 75.5 cm³/mol. The Morgan fingerprint density at radius 1 is 1.24 bits per heavy atom. The lowest BCUT2D eigenvalue weighted by Crippen LogP contribution is -2.06. The molecule has 0 saturated heterocycles. The van der Waals surface area contributed by atoms with Gasteiger partial charge in [0.15, 0.2) is 5.58 Å². The van der Waals surface area contributed by atoms with Gasteiger partial charge in [-0.2, -0.15) is 0 Å². The second-order valence-corrected chi connectivity index (χ2v) is 4.81. The van der Waals surface area contributed by atoms with Crippen molar-refractivity contribution < 1.29 is 18.7 Å². The third-order valence-electron chi connectivity index (χ3n) is 3.37. The van der Waals surface area contributed by atoms with E-state index >= 15 is 0 Å². The molecule has 0 saturated carbocycles. The van der Waals surface area contributed by atoms with Gasteiger partial charge in [0.2, 0.25) is 5.89 Å². The number of nitrogens with zero attached hydrogens (tertiary/aromatic N) is 1. The molecule has 3 rings (SSSR count). The van der Waals surface area contributed by atoms with Gasteiger partial charge < -0.3 is 9.52 Å². The van der Waals surface area contributed by atoms with Crippen molar-refractivity contribution >= 4 is 17.1 Å². The van der Waals surface area contributed by atoms with Crippen molar-refractivity contribution in [2.75, 3.05) is 0 Å². The molecule has 0 aliphatic carbocycles. The van der Waals surface area contributed by atoms with E-state index in [0.29, 0.717) is 28.1 Å². The average Bonchev–Trinajstić information content (AvgIpc) is 2.89. The number of hydrogen-bond acceptors (Lipinski definition) is 3. The molecule has 1 aromatic heterocycles. The molecule has 1 unspecified atom stereocenters. The van der Waals surface area contributed by atoms with E-state index in [0.717, 1.165) is 0 Å². The van der Waals surface area contributed by atoms with Crippen molar-refractivity contribution in [2.24, 2.45) is 0 Å². The number of fused-ring (bicyclic) bond motifs is 1. The number of carbonyl (C=O) groups is 1. The van der Waals surface area contributed by atoms with E-state index in [1.165, 1.54) is 12.1 Å². The molecule has 1 atom stereocenters. The van der Waals surface area contributed by atoms with Crippen LogP contribution in [0.1, 0.15) is 18.4 Å². The van der Waals surface area contributed by atoms with Gasteiger partial charge in [-0.05, 0) is 48.9 Å². The number of aliphatic carboxylic acids is 1. The Morgan fingerprint density at radius 3 is 2.62 bits per heavy atom. The summed E-state index contributed by atoms with van der Waals surface area (Å²) >= 11 is 0. The summed E-state index contributed by atoms with van der Waals surface area (Å²) in [4.78, 5) is 15.3. The normalized spacial score (nSPS) is 12.5. The van der Waals surface area contributed by atoms with Crippen LogP contribution in [0.25, 0.3) is 22.6 Å². The lowest BCUT2D eigenvalue weighted by atomic mass is 10.0. The molecule has 0 amide bonds. The molecular formula is C16H12FNO3. The molecule has 21 heavy (non-hydrogen) atoms. The topological polar surface area (TPSA) is 63.3 Å². The van der Waals surface area contributed by atoms with E-state index < -0.39 is 11.9 Å². The summed E-state index contributed by atoms with van der Waals surface area (Å²) in [6, 6.07) is 11.0. The van der Waals surface area contributed by atoms with Crippen LogP contribution < -0.4 is 0 Å². The summed E-state index contributed by atoms with van der Waals surface area (Å²) in [5.74, 6) is -1.46. The van der Waals surface area contributed by atoms with Gasteiger partial charge in [-0.15, -0.1) is 0 Å². The molecule has 0 spiro atoms. The SMILES string of the molecule is CC(C(=O)O)c1ccc2nc(-c3ccc(F)cc3)oc2c1. The van der Waals surface area contributed by atoms with Crippen LogP contribution in [0.5, 0.6) is 0 Å². The third kappa shape index (κ3) is 2.50. The molecule has 3 aromatic rings. The molecule has 0 radical (unpaired) electrons. The largest absolute Gasteiger partial charge is 0.481 e. The highest BCUT2D eigenvalue weighted by molar-refractivity contribution is 5.81. The van der Waals surface area contributed by atoms with Crippen molar-refractivity contribution in [3.8, 4) is 11.5 Å². The molecule has 106 valence electrons. The fourth-order valence-corrected chi connectivity index (χ4v) is 2.07. The van der Waals surface area contributed by atoms with Crippen LogP contribution in [0.4, 0.5) is 4.39 Å². The molecule has 0 bridgehead atoms. The molecule has 0 aliphatic rings. The summed E-state index contributed by atoms with van der Waals surface area (Å²) < 4.78 is 18.6. The van der Waals surface area contributed by atoms with Gasteiger partial charge in [-0.1, -0.05) is 6.07 Å². The summed E-state index contributed by atoms with van der Waals surface area (Å²) in [7, 11) is 0. The standard InChI is InChI=1S/C16H12FNO3/c1-9(16(19)20)11-4-7-13-14(8-11)21-15(18-13)10-2-5-12(17)6-3-10/h2-9H,1H3,(H,19,20). The van der Waals surface area contributed by atoms with Crippen molar-refractivity contribution in [1.29, 1.82) is 0 Å². The molecule has 0 fully saturated rings. The number of carboxylic acids is 1. The highest BCUT2D eigenvalue weighted by atomic mass is 19.1. The number of halogens is 1. The summed E-state index contributed by atoms with van der Waals surface area (Å²) in [5, 5.41) is 9.03. The van der Waals surface area contributed by atoms with Crippen molar-refractivity contribution in [3.05, 3.63) is 53.8 Å². The number of oxazole rings is 1. The fraction of sp³-hybridized carbons (Fsp3) is 0.125. The zero-order chi connectivity index (χ0) is 15.0. The monoisotopic (exact) mass is 285 g/mol. The van der Waals surface area contributed by atoms with E-state index in [1.807, 2.05) is 0 Å². The van der Waals surface area contributed by atoms with Gasteiger partial charge in [0.05, 0.1) is 5.92 Å². The number of aromatic nitrogens is 1. The van der Waals surface area contributed by atoms with Crippen molar-refractivity contribution in [1.82, 2.24) is 4.98 Å². The summed E-state index contributed by atoms with van der Waals surface area (Å²) in [6.07, 6.45) is 0. The Morgan fingerprint density at radius 2 is 1.95 bits per heavy atom. The lowest BCUT2D eigenvalue weighted by Gasteiger charge is -2.04. The minimum atomic E-state index is -0.896. The van der Waals surface area contributed by atoms with Crippen LogP contribution in [0.2, 0.25) is 0 Å². The molecule has 5 heteroatoms. The Hall–Kier alpha value is -2.69. The minimum Gasteiger partial charge on any atom is -0.481 e. The molecule has 1 N–H and O–H groups in total. The maximum absolute atomic E-state index is 12.9. The average molecular weight is 285 g/mol. The Labute approximate surface area is 119 Å². The number of hydrogen-bond donors (Lipinski definition) is 1. The van der Waals surface area contributed by atoms with Gasteiger partial charge >= 0.3 is 5.97 Å². The maximum atomic E-state index is 12.9. The first-order chi connectivity index (χ1) is 10.0. The number of rotatable bonds is 3. The van der Waals surface area contributed by atoms with Crippen LogP contribution in [-0.4, -0.2) is 16.1 Å². The van der Waals surface area contributed by atoms with Gasteiger partial charge in [-0.25, -0.2) is 9.37 Å². The first kappa shape index (κ1) is 13.3. The van der Waals surface area contributed by atoms with Crippen LogP contribution >= 0.6 is 0 Å². The van der Waals surface area contributed by atoms with Gasteiger partial charge in [0, 0.05) is 5.56 Å². The smallest absolute Gasteiger partial charge is 0.310 e. The Balaban J connectivity index is 2.04. The summed E-state index contributed by atoms with van der Waals surface area (Å²) in [5.41, 5.74) is 2.47. The molecule has 1 heterocycles. The highest BCUT2D eigenvalue weighted by Crippen LogP contribution is 2.27. The fourth-order valence-electron chi connectivity index (χ4n) is 2.07. The quantitative estimate of drug-likeness (QED) is 0.794. The highest BCUT2D eigenvalue weighted by Gasteiger charge is 2.16. The van der Waals surface area contributed by atoms with Gasteiger partial charge in [-0.3, -0.25) is 4.79 Å². The molecular weight excluding hydrogens is 273 g/mol. The first-order valence-electron chi connectivity index (χ1n) is 6.44. The summed E-state index contributed by atoms with van der Waals surface area (Å²) in [6.45, 7) is 1.61. The van der Waals surface area contributed by atoms with E-state index in [9.17, 15) is 9.18 Å². The van der Waals surface area contributed by atoms with Crippen LogP contribution in [0.3, 0.4) is 0 Å². The number of carboxylic acid groups (broad SMARTS) is 1. The zero-order valence-corrected chi connectivity index (χ0v) is 11.2. The van der Waals surface area contributed by atoms with E-state index in [4.69, 9.17) is 9.52 Å². The lowest BCUT2D eigenvalue weighted by molar-refractivity contribution is -0.138. The predicted octanol–water partition coefficient (Wildman–Crippen LogP) is 3.82. The Kier molecular flexibility index (Phi) is 3.17. The van der Waals surface area contributed by atoms with Crippen molar-refractivity contribution in [3.63, 3.8) is 0 Å². The van der Waals surface area contributed by atoms with E-state index in [2.05, 4.69) is 4.98 Å². The Bertz CT molecular complexity index is 808. The van der Waals surface area contributed by atoms with E-state index in [-0.39, 0.29) is 5.82 Å². The van der Waals surface area contributed by atoms with Gasteiger partial charge in [0.25, 0.3) is 0 Å². The molecule has 0 aliphatic heterocycles. The number of benzene rings is 2. The molecule has 2 aromatic carbocycles.